The molecule has 0 aromatic carbocycles. The van der Waals surface area contributed by atoms with E-state index in [9.17, 15) is 27.9 Å². The number of amides is 1. The average molecular weight is 846 g/mol. The summed E-state index contributed by atoms with van der Waals surface area (Å²) in [6, 6.07) is -0.319. The van der Waals surface area contributed by atoms with Crippen LogP contribution in [0.5, 0.6) is 0 Å². The van der Waals surface area contributed by atoms with Crippen molar-refractivity contribution in [1.29, 1.82) is 0 Å². The van der Waals surface area contributed by atoms with Gasteiger partial charge in [-0.3, -0.25) is 14.5 Å². The zero-order valence-electron chi connectivity index (χ0n) is 38.2. The number of sulfone groups is 1. The Bertz CT molecular complexity index is 1720. The summed E-state index contributed by atoms with van der Waals surface area (Å²) in [5.41, 5.74) is 0.758. The summed E-state index contributed by atoms with van der Waals surface area (Å²) in [7, 11) is -3.07. The van der Waals surface area contributed by atoms with E-state index < -0.39 is 27.3 Å². The van der Waals surface area contributed by atoms with Gasteiger partial charge in [-0.1, -0.05) is 60.6 Å². The van der Waals surface area contributed by atoms with E-state index in [0.29, 0.717) is 55.8 Å². The van der Waals surface area contributed by atoms with Gasteiger partial charge < -0.3 is 25.2 Å². The van der Waals surface area contributed by atoms with Gasteiger partial charge in [0.15, 0.2) is 9.84 Å². The van der Waals surface area contributed by atoms with Gasteiger partial charge in [-0.25, -0.2) is 13.2 Å². The van der Waals surface area contributed by atoms with Crippen molar-refractivity contribution in [2.45, 2.75) is 170 Å². The Labute approximate surface area is 356 Å². The maximum Gasteiger partial charge on any atom is 0.407 e. The van der Waals surface area contributed by atoms with E-state index in [0.717, 1.165) is 51.4 Å². The van der Waals surface area contributed by atoms with Crippen LogP contribution in [0.2, 0.25) is 0 Å². The molecule has 1 aliphatic heterocycles. The molecule has 0 aromatic heterocycles. The van der Waals surface area contributed by atoms with E-state index in [2.05, 4.69) is 63.7 Å². The number of aliphatic carboxylic acids is 1. The summed E-state index contributed by atoms with van der Waals surface area (Å²) in [6.07, 6.45) is 10.3. The van der Waals surface area contributed by atoms with Crippen molar-refractivity contribution >= 4 is 27.9 Å². The lowest BCUT2D eigenvalue weighted by atomic mass is 9.32. The molecule has 1 amide bonds. The van der Waals surface area contributed by atoms with E-state index in [4.69, 9.17) is 9.47 Å². The number of ether oxygens (including phenoxy) is 2. The van der Waals surface area contributed by atoms with Gasteiger partial charge in [-0.2, -0.15) is 0 Å². The summed E-state index contributed by atoms with van der Waals surface area (Å²) in [6.45, 7) is 28.7. The zero-order valence-corrected chi connectivity index (χ0v) is 39.0. The van der Waals surface area contributed by atoms with Crippen molar-refractivity contribution in [2.24, 2.45) is 56.7 Å². The summed E-state index contributed by atoms with van der Waals surface area (Å²) in [5, 5.41) is 16.7. The van der Waals surface area contributed by atoms with Crippen LogP contribution < -0.4 is 10.6 Å². The van der Waals surface area contributed by atoms with Gasteiger partial charge in [-0.05, 0) is 136 Å². The van der Waals surface area contributed by atoms with Gasteiger partial charge in [0, 0.05) is 42.7 Å². The Hall–Kier alpha value is -2.18. The number of hydrogen-bond acceptors (Lipinski definition) is 9. The lowest BCUT2D eigenvalue weighted by Crippen LogP contribution is -2.69. The number of hydrogen-bond donors (Lipinski definition) is 3. The molecule has 0 radical (unpaired) electrons. The Morgan fingerprint density at radius 3 is 2.20 bits per heavy atom. The number of carboxylic acids is 1. The standard InChI is InChI=1S/C47H79N3O8S/c1-12-57-41(54)49-31(4)34(50-23-25-59(55,56)26-24-50)29-48-47-20-15-32(30(2)3)40(47)33-13-14-36-44(9)18-17-37(58-39(53)28-42(5,6)27-38(51)52)43(7,8)35(44)16-19-46(36,11)45(33,10)21-22-47/h31-37,40,48H,2,12-29H2,1,3-11H3,(H,49,54)(H,51,52)/t31?,32-,33+,34?,35-,36+,37-,40+,44-,45+,46+,47-/m0/s1. The fraction of sp³-hybridized carbons (Fsp3) is 0.894. The van der Waals surface area contributed by atoms with Crippen LogP contribution in [0.1, 0.15) is 146 Å². The van der Waals surface area contributed by atoms with Crippen molar-refractivity contribution in [3.63, 3.8) is 0 Å². The molecule has 0 bridgehead atoms. The minimum Gasteiger partial charge on any atom is -0.481 e. The molecular weight excluding hydrogens is 767 g/mol. The maximum atomic E-state index is 13.3. The first kappa shape index (κ1) is 46.3. The molecule has 6 rings (SSSR count). The smallest absolute Gasteiger partial charge is 0.407 e. The summed E-state index contributed by atoms with van der Waals surface area (Å²) in [4.78, 5) is 39.7. The predicted molar refractivity (Wildman–Crippen MR) is 231 cm³/mol. The van der Waals surface area contributed by atoms with Crippen LogP contribution in [0, 0.1) is 56.7 Å². The number of carbonyl (C=O) groups excluding carboxylic acids is 2. The highest BCUT2D eigenvalue weighted by molar-refractivity contribution is 7.91. The largest absolute Gasteiger partial charge is 0.481 e. The van der Waals surface area contributed by atoms with E-state index in [-0.39, 0.29) is 75.7 Å². The SMILES string of the molecule is C=C(C)[C@@H]1CC[C@]2(NCC(C(C)NC(=O)OCC)N3CCS(=O)(=O)CC3)CC[C@]3(C)[C@H](CC[C@@H]4[C@@]5(C)CC[C@H](OC(=O)CC(C)(C)CC(=O)O)C(C)(C)[C@@H]5CC[C@]43C)[C@@H]12. The monoisotopic (exact) mass is 846 g/mol. The highest BCUT2D eigenvalue weighted by Crippen LogP contribution is 2.76. The molecule has 0 spiro atoms. The summed E-state index contributed by atoms with van der Waals surface area (Å²) >= 11 is 0. The molecule has 3 N–H and O–H groups in total. The topological polar surface area (TPSA) is 151 Å². The number of nitrogens with zero attached hydrogens (tertiary/aromatic N) is 1. The molecule has 11 nitrogen and oxygen atoms in total. The van der Waals surface area contributed by atoms with Gasteiger partial charge in [-0.15, -0.1) is 0 Å². The molecule has 0 aromatic rings. The van der Waals surface area contributed by atoms with Crippen molar-refractivity contribution in [3.05, 3.63) is 12.2 Å². The molecular formula is C47H79N3O8S. The van der Waals surface area contributed by atoms with Crippen molar-refractivity contribution in [1.82, 2.24) is 15.5 Å². The Morgan fingerprint density at radius 2 is 1.58 bits per heavy atom. The van der Waals surface area contributed by atoms with Crippen molar-refractivity contribution in [3.8, 4) is 0 Å². The first-order valence-electron chi connectivity index (χ1n) is 23.0. The zero-order chi connectivity index (χ0) is 43.6. The fourth-order valence-corrected chi connectivity index (χ4v) is 16.4. The van der Waals surface area contributed by atoms with Crippen LogP contribution in [-0.4, -0.2) is 97.9 Å². The second kappa shape index (κ2) is 16.5. The third-order valence-electron chi connectivity index (χ3n) is 18.2. The van der Waals surface area contributed by atoms with Gasteiger partial charge in [0.05, 0.1) is 31.0 Å². The molecule has 1 heterocycles. The van der Waals surface area contributed by atoms with E-state index >= 15 is 0 Å². The molecule has 2 unspecified atom stereocenters. The quantitative estimate of drug-likeness (QED) is 0.123. The van der Waals surface area contributed by atoms with Crippen molar-refractivity contribution < 1.29 is 37.4 Å². The minimum atomic E-state index is -3.07. The maximum absolute atomic E-state index is 13.3. The summed E-state index contributed by atoms with van der Waals surface area (Å²) < 4.78 is 36.5. The van der Waals surface area contributed by atoms with Gasteiger partial charge >= 0.3 is 18.0 Å². The van der Waals surface area contributed by atoms with Crippen LogP contribution in [-0.2, 0) is 28.9 Å². The Morgan fingerprint density at radius 1 is 0.898 bits per heavy atom. The number of nitrogens with one attached hydrogen (secondary N) is 2. The molecule has 1 saturated heterocycles. The number of alkyl carbamates (subject to hydrolysis) is 1. The van der Waals surface area contributed by atoms with Crippen LogP contribution in [0.15, 0.2) is 12.2 Å². The molecule has 6 aliphatic rings. The number of fused-ring (bicyclic) bond motifs is 7. The molecule has 336 valence electrons. The second-order valence-electron chi connectivity index (χ2n) is 22.4. The molecule has 12 atom stereocenters. The number of rotatable bonds is 13. The van der Waals surface area contributed by atoms with Gasteiger partial charge in [0.2, 0.25) is 0 Å². The second-order valence-corrected chi connectivity index (χ2v) is 24.7. The molecule has 59 heavy (non-hydrogen) atoms. The van der Waals surface area contributed by atoms with E-state index in [1.807, 2.05) is 20.8 Å². The molecule has 5 aliphatic carbocycles. The third kappa shape index (κ3) is 8.51. The Kier molecular flexibility index (Phi) is 13.0. The number of allylic oxidation sites excluding steroid dienone is 1. The third-order valence-corrected chi connectivity index (χ3v) is 19.9. The first-order valence-corrected chi connectivity index (χ1v) is 24.9. The van der Waals surface area contributed by atoms with Crippen LogP contribution in [0.3, 0.4) is 0 Å². The van der Waals surface area contributed by atoms with Crippen LogP contribution in [0.4, 0.5) is 4.79 Å². The highest BCUT2D eigenvalue weighted by Gasteiger charge is 2.71. The number of esters is 1. The minimum absolute atomic E-state index is 0.0647. The van der Waals surface area contributed by atoms with Crippen LogP contribution >= 0.6 is 0 Å². The number of carbonyl (C=O) groups is 3. The lowest BCUT2D eigenvalue weighted by molar-refractivity contribution is -0.246. The van der Waals surface area contributed by atoms with Gasteiger partial charge in [0.1, 0.15) is 6.10 Å². The predicted octanol–water partition coefficient (Wildman–Crippen LogP) is 8.02. The van der Waals surface area contributed by atoms with E-state index in [1.165, 1.54) is 18.4 Å². The fourth-order valence-electron chi connectivity index (χ4n) is 15.1. The Balaban J connectivity index is 1.23. The summed E-state index contributed by atoms with van der Waals surface area (Å²) in [5.74, 6) is 1.46. The average Bonchev–Trinajstić information content (AvgIpc) is 3.50. The molecule has 6 fully saturated rings. The van der Waals surface area contributed by atoms with Gasteiger partial charge in [0.25, 0.3) is 0 Å². The van der Waals surface area contributed by atoms with E-state index in [1.54, 1.807) is 6.92 Å². The number of carboxylic acid groups (broad SMARTS) is 1. The molecule has 5 saturated carbocycles. The lowest BCUT2D eigenvalue weighted by Gasteiger charge is -2.73. The highest BCUT2D eigenvalue weighted by atomic mass is 32.2. The molecule has 12 heteroatoms. The van der Waals surface area contributed by atoms with Crippen molar-refractivity contribution in [2.75, 3.05) is 37.7 Å². The first-order chi connectivity index (χ1) is 27.3. The normalized spacial score (nSPS) is 39.9. The van der Waals surface area contributed by atoms with Crippen LogP contribution in [0.25, 0.3) is 0 Å².